The highest BCUT2D eigenvalue weighted by atomic mass is 35.5. The molecule has 1 unspecified atom stereocenters. The molecule has 0 spiro atoms. The van der Waals surface area contributed by atoms with Crippen molar-refractivity contribution >= 4 is 23.2 Å². The second-order valence-electron chi connectivity index (χ2n) is 4.61. The standard InChI is InChI=1S/C13H17ClN2O4/c1-8(2)11(14)7-15-13(17)10-5-4-9(16(18)19)6-12(10)20-3/h4-6,8,11H,7H2,1-3H3,(H,15,17). The van der Waals surface area contributed by atoms with Gasteiger partial charge in [-0.1, -0.05) is 13.8 Å². The number of amides is 1. The van der Waals surface area contributed by atoms with Gasteiger partial charge >= 0.3 is 0 Å². The van der Waals surface area contributed by atoms with Crippen molar-refractivity contribution in [2.45, 2.75) is 19.2 Å². The summed E-state index contributed by atoms with van der Waals surface area (Å²) in [5.41, 5.74) is 0.113. The second-order valence-corrected chi connectivity index (χ2v) is 5.17. The van der Waals surface area contributed by atoms with E-state index in [0.29, 0.717) is 6.54 Å². The van der Waals surface area contributed by atoms with Gasteiger partial charge < -0.3 is 10.1 Å². The van der Waals surface area contributed by atoms with Crippen LogP contribution in [0.25, 0.3) is 0 Å². The predicted octanol–water partition coefficient (Wildman–Crippen LogP) is 2.60. The van der Waals surface area contributed by atoms with Gasteiger partial charge in [-0.25, -0.2) is 0 Å². The lowest BCUT2D eigenvalue weighted by Crippen LogP contribution is -2.32. The van der Waals surface area contributed by atoms with Crippen molar-refractivity contribution < 1.29 is 14.5 Å². The first-order chi connectivity index (χ1) is 9.36. The van der Waals surface area contributed by atoms with Gasteiger partial charge in [-0.3, -0.25) is 14.9 Å². The van der Waals surface area contributed by atoms with Crippen LogP contribution >= 0.6 is 11.6 Å². The Morgan fingerprint density at radius 1 is 1.50 bits per heavy atom. The van der Waals surface area contributed by atoms with Crippen LogP contribution in [0.2, 0.25) is 0 Å². The Kier molecular flexibility index (Phi) is 5.76. The van der Waals surface area contributed by atoms with Crippen molar-refractivity contribution in [2.24, 2.45) is 5.92 Å². The highest BCUT2D eigenvalue weighted by Crippen LogP contribution is 2.24. The molecule has 7 heteroatoms. The summed E-state index contributed by atoms with van der Waals surface area (Å²) < 4.78 is 5.01. The Balaban J connectivity index is 2.85. The van der Waals surface area contributed by atoms with Crippen molar-refractivity contribution in [3.05, 3.63) is 33.9 Å². The molecule has 0 aliphatic heterocycles. The molecule has 1 amide bonds. The number of benzene rings is 1. The maximum absolute atomic E-state index is 12.0. The van der Waals surface area contributed by atoms with E-state index in [4.69, 9.17) is 16.3 Å². The van der Waals surface area contributed by atoms with Crippen LogP contribution in [0.1, 0.15) is 24.2 Å². The Morgan fingerprint density at radius 3 is 2.65 bits per heavy atom. The minimum Gasteiger partial charge on any atom is -0.496 e. The summed E-state index contributed by atoms with van der Waals surface area (Å²) in [6, 6.07) is 3.85. The van der Waals surface area contributed by atoms with Crippen molar-refractivity contribution in [1.29, 1.82) is 0 Å². The zero-order valence-electron chi connectivity index (χ0n) is 11.6. The number of halogens is 1. The van der Waals surface area contributed by atoms with E-state index in [1.54, 1.807) is 0 Å². The Morgan fingerprint density at radius 2 is 2.15 bits per heavy atom. The van der Waals surface area contributed by atoms with E-state index in [2.05, 4.69) is 5.32 Å². The summed E-state index contributed by atoms with van der Waals surface area (Å²) >= 11 is 6.05. The second kappa shape index (κ2) is 7.09. The normalized spacial score (nSPS) is 12.1. The third kappa shape index (κ3) is 4.09. The molecule has 0 bridgehead atoms. The van der Waals surface area contributed by atoms with Crippen LogP contribution in [0.15, 0.2) is 18.2 Å². The summed E-state index contributed by atoms with van der Waals surface area (Å²) in [6.45, 7) is 4.23. The van der Waals surface area contributed by atoms with Crippen LogP contribution in [-0.4, -0.2) is 29.9 Å². The Hall–Kier alpha value is -1.82. The van der Waals surface area contributed by atoms with Crippen LogP contribution in [-0.2, 0) is 0 Å². The van der Waals surface area contributed by atoms with Gasteiger partial charge in [0, 0.05) is 12.6 Å². The number of nitro benzene ring substituents is 1. The molecule has 0 heterocycles. The van der Waals surface area contributed by atoms with E-state index in [9.17, 15) is 14.9 Å². The van der Waals surface area contributed by atoms with Gasteiger partial charge in [0.05, 0.1) is 29.0 Å². The minimum absolute atomic E-state index is 0.129. The highest BCUT2D eigenvalue weighted by molar-refractivity contribution is 6.21. The van der Waals surface area contributed by atoms with Crippen molar-refractivity contribution in [3.8, 4) is 5.75 Å². The number of hydrogen-bond acceptors (Lipinski definition) is 4. The van der Waals surface area contributed by atoms with Gasteiger partial charge in [0.15, 0.2) is 0 Å². The number of methoxy groups -OCH3 is 1. The van der Waals surface area contributed by atoms with Gasteiger partial charge in [-0.15, -0.1) is 11.6 Å². The fraction of sp³-hybridized carbons (Fsp3) is 0.462. The number of carbonyl (C=O) groups is 1. The van der Waals surface area contributed by atoms with E-state index in [1.165, 1.54) is 25.3 Å². The molecule has 1 aromatic carbocycles. The number of carbonyl (C=O) groups excluding carboxylic acids is 1. The van der Waals surface area contributed by atoms with Crippen molar-refractivity contribution in [1.82, 2.24) is 5.32 Å². The van der Waals surface area contributed by atoms with Crippen LogP contribution in [0.3, 0.4) is 0 Å². The quantitative estimate of drug-likeness (QED) is 0.497. The summed E-state index contributed by atoms with van der Waals surface area (Å²) in [7, 11) is 1.36. The van der Waals surface area contributed by atoms with Gasteiger partial charge in [0.2, 0.25) is 0 Å². The molecule has 0 radical (unpaired) electrons. The number of alkyl halides is 1. The van der Waals surface area contributed by atoms with Gasteiger partial charge in [-0.2, -0.15) is 0 Å². The third-order valence-corrected chi connectivity index (χ3v) is 3.48. The lowest BCUT2D eigenvalue weighted by molar-refractivity contribution is -0.384. The zero-order chi connectivity index (χ0) is 15.3. The molecule has 110 valence electrons. The van der Waals surface area contributed by atoms with Crippen LogP contribution in [0.5, 0.6) is 5.75 Å². The predicted molar refractivity (Wildman–Crippen MR) is 76.5 cm³/mol. The van der Waals surface area contributed by atoms with E-state index in [1.807, 2.05) is 13.8 Å². The summed E-state index contributed by atoms with van der Waals surface area (Å²) in [4.78, 5) is 22.1. The van der Waals surface area contributed by atoms with Gasteiger partial charge in [-0.05, 0) is 12.0 Å². The molecular formula is C13H17ClN2O4. The minimum atomic E-state index is -0.544. The first kappa shape index (κ1) is 16.2. The van der Waals surface area contributed by atoms with E-state index in [0.717, 1.165) is 0 Å². The lowest BCUT2D eigenvalue weighted by Gasteiger charge is -2.15. The van der Waals surface area contributed by atoms with Gasteiger partial charge in [0.1, 0.15) is 5.75 Å². The Bertz CT molecular complexity index is 505. The number of ether oxygens (including phenoxy) is 1. The smallest absolute Gasteiger partial charge is 0.273 e. The maximum Gasteiger partial charge on any atom is 0.273 e. The molecule has 0 saturated carbocycles. The topological polar surface area (TPSA) is 81.5 Å². The van der Waals surface area contributed by atoms with Crippen LogP contribution in [0, 0.1) is 16.0 Å². The number of nitro groups is 1. The largest absolute Gasteiger partial charge is 0.496 e. The molecule has 1 atom stereocenters. The molecule has 6 nitrogen and oxygen atoms in total. The first-order valence-corrected chi connectivity index (χ1v) is 6.55. The summed E-state index contributed by atoms with van der Waals surface area (Å²) in [6.07, 6.45) is 0. The number of nitrogens with zero attached hydrogens (tertiary/aromatic N) is 1. The Labute approximate surface area is 122 Å². The molecule has 20 heavy (non-hydrogen) atoms. The van der Waals surface area contributed by atoms with Crippen LogP contribution in [0.4, 0.5) is 5.69 Å². The van der Waals surface area contributed by atoms with Gasteiger partial charge in [0.25, 0.3) is 11.6 Å². The monoisotopic (exact) mass is 300 g/mol. The summed E-state index contributed by atoms with van der Waals surface area (Å²) in [5, 5.41) is 13.2. The first-order valence-electron chi connectivity index (χ1n) is 6.11. The third-order valence-electron chi connectivity index (χ3n) is 2.82. The average Bonchev–Trinajstić information content (AvgIpc) is 2.43. The lowest BCUT2D eigenvalue weighted by atomic mass is 10.1. The fourth-order valence-corrected chi connectivity index (χ4v) is 1.58. The van der Waals surface area contributed by atoms with Crippen LogP contribution < -0.4 is 10.1 Å². The fourth-order valence-electron chi connectivity index (χ4n) is 1.50. The molecule has 0 aromatic heterocycles. The zero-order valence-corrected chi connectivity index (χ0v) is 12.3. The number of rotatable bonds is 6. The van der Waals surface area contributed by atoms with Crippen molar-refractivity contribution in [3.63, 3.8) is 0 Å². The average molecular weight is 301 g/mol. The molecule has 1 N–H and O–H groups in total. The molecule has 1 aromatic rings. The molecular weight excluding hydrogens is 284 g/mol. The molecule has 0 aliphatic carbocycles. The molecule has 1 rings (SSSR count). The maximum atomic E-state index is 12.0. The number of hydrogen-bond donors (Lipinski definition) is 1. The van der Waals surface area contributed by atoms with Crippen molar-refractivity contribution in [2.75, 3.05) is 13.7 Å². The molecule has 0 saturated heterocycles. The molecule has 0 fully saturated rings. The number of non-ortho nitro benzene ring substituents is 1. The molecule has 0 aliphatic rings. The van der Waals surface area contributed by atoms with E-state index < -0.39 is 4.92 Å². The summed E-state index contributed by atoms with van der Waals surface area (Å²) in [5.74, 6) is 0.0196. The SMILES string of the molecule is COc1cc([N+](=O)[O-])ccc1C(=O)NCC(Cl)C(C)C. The number of nitrogens with one attached hydrogen (secondary N) is 1. The van der Waals surface area contributed by atoms with E-state index >= 15 is 0 Å². The highest BCUT2D eigenvalue weighted by Gasteiger charge is 2.18. The van der Waals surface area contributed by atoms with E-state index in [-0.39, 0.29) is 34.2 Å².